The Balaban J connectivity index is 1.51. The van der Waals surface area contributed by atoms with Crippen molar-refractivity contribution in [2.75, 3.05) is 25.8 Å². The molecule has 2 aromatic rings. The number of carbonyl (C=O) groups excluding carboxylic acids is 2. The summed E-state index contributed by atoms with van der Waals surface area (Å²) in [5.74, 6) is 1.28. The van der Waals surface area contributed by atoms with Crippen molar-refractivity contribution >= 4 is 17.6 Å². The van der Waals surface area contributed by atoms with Crippen molar-refractivity contribution in [3.8, 4) is 23.0 Å². The molecule has 9 nitrogen and oxygen atoms in total. The van der Waals surface area contributed by atoms with E-state index < -0.39 is 11.9 Å². The molecule has 0 aromatic heterocycles. The second kappa shape index (κ2) is 8.28. The average Bonchev–Trinajstić information content (AvgIpc) is 3.14. The predicted molar refractivity (Wildman–Crippen MR) is 94.1 cm³/mol. The number of benzene rings is 2. The van der Waals surface area contributed by atoms with E-state index in [2.05, 4.69) is 10.6 Å². The highest BCUT2D eigenvalue weighted by Gasteiger charge is 2.15. The lowest BCUT2D eigenvalue weighted by Gasteiger charge is -2.12. The van der Waals surface area contributed by atoms with Crippen LogP contribution in [0.4, 0.5) is 10.5 Å². The van der Waals surface area contributed by atoms with Gasteiger partial charge in [-0.3, -0.25) is 10.1 Å². The van der Waals surface area contributed by atoms with Crippen LogP contribution in [0.1, 0.15) is 5.56 Å². The molecule has 2 aromatic carbocycles. The number of hydrogen-bond acceptors (Lipinski definition) is 7. The van der Waals surface area contributed by atoms with Gasteiger partial charge in [0.25, 0.3) is 5.91 Å². The van der Waals surface area contributed by atoms with Crippen molar-refractivity contribution in [2.24, 2.45) is 0 Å². The van der Waals surface area contributed by atoms with E-state index in [1.807, 2.05) is 0 Å². The minimum absolute atomic E-state index is 0.141. The number of aliphatic hydroxyl groups excluding tert-OH is 1. The van der Waals surface area contributed by atoms with E-state index in [9.17, 15) is 9.59 Å². The van der Waals surface area contributed by atoms with Gasteiger partial charge in [0.2, 0.25) is 6.79 Å². The van der Waals surface area contributed by atoms with Crippen molar-refractivity contribution in [3.05, 3.63) is 42.0 Å². The van der Waals surface area contributed by atoms with Gasteiger partial charge >= 0.3 is 6.03 Å². The Kier molecular flexibility index (Phi) is 5.62. The Morgan fingerprint density at radius 2 is 1.96 bits per heavy atom. The fourth-order valence-corrected chi connectivity index (χ4v) is 2.37. The van der Waals surface area contributed by atoms with Gasteiger partial charge in [0, 0.05) is 6.07 Å². The zero-order valence-electron chi connectivity index (χ0n) is 14.5. The molecule has 3 rings (SSSR count). The van der Waals surface area contributed by atoms with Gasteiger partial charge in [-0.2, -0.15) is 0 Å². The topological polar surface area (TPSA) is 115 Å². The van der Waals surface area contributed by atoms with E-state index in [0.717, 1.165) is 0 Å². The van der Waals surface area contributed by atoms with Crippen molar-refractivity contribution in [1.29, 1.82) is 0 Å². The summed E-state index contributed by atoms with van der Waals surface area (Å²) < 4.78 is 20.9. The number of anilines is 1. The lowest BCUT2D eigenvalue weighted by Crippen LogP contribution is -2.37. The molecule has 1 aliphatic rings. The molecule has 1 heterocycles. The second-order valence-electron chi connectivity index (χ2n) is 5.50. The molecular weight excluding hydrogens is 356 g/mol. The maximum atomic E-state index is 12.0. The maximum Gasteiger partial charge on any atom is 0.326 e. The van der Waals surface area contributed by atoms with E-state index in [4.69, 9.17) is 24.1 Å². The summed E-state index contributed by atoms with van der Waals surface area (Å²) in [4.78, 5) is 23.9. The zero-order valence-corrected chi connectivity index (χ0v) is 14.5. The summed E-state index contributed by atoms with van der Waals surface area (Å²) in [6.07, 6.45) is 0. The summed E-state index contributed by atoms with van der Waals surface area (Å²) >= 11 is 0. The Morgan fingerprint density at radius 1 is 1.15 bits per heavy atom. The number of hydrogen-bond donors (Lipinski definition) is 3. The minimum Gasteiger partial charge on any atom is -0.495 e. The fraction of sp³-hybridized carbons (Fsp3) is 0.222. The van der Waals surface area contributed by atoms with Gasteiger partial charge in [0.15, 0.2) is 18.1 Å². The lowest BCUT2D eigenvalue weighted by molar-refractivity contribution is -0.121. The minimum atomic E-state index is -0.732. The Bertz CT molecular complexity index is 854. The summed E-state index contributed by atoms with van der Waals surface area (Å²) in [6, 6.07) is 8.95. The van der Waals surface area contributed by atoms with Crippen molar-refractivity contribution < 1.29 is 33.6 Å². The first-order valence-electron chi connectivity index (χ1n) is 8.00. The van der Waals surface area contributed by atoms with Gasteiger partial charge in [-0.25, -0.2) is 4.79 Å². The zero-order chi connectivity index (χ0) is 19.2. The molecule has 1 aliphatic heterocycles. The van der Waals surface area contributed by atoms with Crippen LogP contribution >= 0.6 is 0 Å². The number of aliphatic hydroxyl groups is 1. The number of rotatable bonds is 6. The first-order chi connectivity index (χ1) is 13.1. The molecular formula is C18H18N2O7. The third-order valence-electron chi connectivity index (χ3n) is 3.66. The van der Waals surface area contributed by atoms with Crippen LogP contribution in [0.15, 0.2) is 36.4 Å². The highest BCUT2D eigenvalue weighted by Crippen LogP contribution is 2.35. The molecule has 0 radical (unpaired) electrons. The van der Waals surface area contributed by atoms with Crippen molar-refractivity contribution in [1.82, 2.24) is 5.32 Å². The molecule has 9 heteroatoms. The van der Waals surface area contributed by atoms with E-state index in [0.29, 0.717) is 34.2 Å². The van der Waals surface area contributed by atoms with Gasteiger partial charge < -0.3 is 29.4 Å². The monoisotopic (exact) mass is 374 g/mol. The van der Waals surface area contributed by atoms with Crippen LogP contribution in [0, 0.1) is 0 Å². The normalized spacial score (nSPS) is 11.6. The van der Waals surface area contributed by atoms with Crippen LogP contribution < -0.4 is 29.6 Å². The van der Waals surface area contributed by atoms with Crippen LogP contribution in [0.2, 0.25) is 0 Å². The molecule has 0 bridgehead atoms. The van der Waals surface area contributed by atoms with E-state index in [-0.39, 0.29) is 20.0 Å². The molecule has 27 heavy (non-hydrogen) atoms. The molecule has 3 N–H and O–H groups in total. The van der Waals surface area contributed by atoms with Crippen LogP contribution in [-0.2, 0) is 11.4 Å². The number of ether oxygens (including phenoxy) is 4. The SMILES string of the molecule is COc1cc(CO)ccc1NC(=O)NC(=O)COc1ccc2c(c1)OCO2. The lowest BCUT2D eigenvalue weighted by atomic mass is 10.2. The standard InChI is InChI=1S/C18H18N2O7/c1-24-15-6-11(8-21)2-4-13(15)19-18(23)20-17(22)9-25-12-3-5-14-16(7-12)27-10-26-14/h2-7,21H,8-10H2,1H3,(H2,19,20,22,23). The highest BCUT2D eigenvalue weighted by molar-refractivity contribution is 6.02. The van der Waals surface area contributed by atoms with E-state index >= 15 is 0 Å². The fourth-order valence-electron chi connectivity index (χ4n) is 2.37. The first kappa shape index (κ1) is 18.3. The Morgan fingerprint density at radius 3 is 2.74 bits per heavy atom. The number of fused-ring (bicyclic) bond motifs is 1. The van der Waals surface area contributed by atoms with Crippen molar-refractivity contribution in [2.45, 2.75) is 6.61 Å². The molecule has 0 spiro atoms. The average molecular weight is 374 g/mol. The Labute approximate surface area is 154 Å². The van der Waals surface area contributed by atoms with Gasteiger partial charge in [-0.05, 0) is 29.8 Å². The summed E-state index contributed by atoms with van der Waals surface area (Å²) in [7, 11) is 1.43. The maximum absolute atomic E-state index is 12.0. The largest absolute Gasteiger partial charge is 0.495 e. The van der Waals surface area contributed by atoms with Gasteiger partial charge in [-0.1, -0.05) is 6.07 Å². The number of urea groups is 1. The van der Waals surface area contributed by atoms with Crippen LogP contribution in [-0.4, -0.2) is 37.6 Å². The van der Waals surface area contributed by atoms with Crippen molar-refractivity contribution in [3.63, 3.8) is 0 Å². The number of methoxy groups -OCH3 is 1. The molecule has 0 fully saturated rings. The third-order valence-corrected chi connectivity index (χ3v) is 3.66. The number of nitrogens with one attached hydrogen (secondary N) is 2. The van der Waals surface area contributed by atoms with Crippen LogP contribution in [0.25, 0.3) is 0 Å². The highest BCUT2D eigenvalue weighted by atomic mass is 16.7. The molecule has 0 saturated heterocycles. The number of carbonyl (C=O) groups is 2. The third kappa shape index (κ3) is 4.59. The van der Waals surface area contributed by atoms with Crippen LogP contribution in [0.3, 0.4) is 0 Å². The summed E-state index contributed by atoms with van der Waals surface area (Å²) in [6.45, 7) is -0.367. The van der Waals surface area contributed by atoms with E-state index in [1.165, 1.54) is 7.11 Å². The Hall–Kier alpha value is -3.46. The molecule has 3 amide bonds. The van der Waals surface area contributed by atoms with Crippen LogP contribution in [0.5, 0.6) is 23.0 Å². The molecule has 0 unspecified atom stereocenters. The first-order valence-corrected chi connectivity index (χ1v) is 8.00. The van der Waals surface area contributed by atoms with Gasteiger partial charge in [0.1, 0.15) is 11.5 Å². The smallest absolute Gasteiger partial charge is 0.326 e. The molecule has 0 saturated carbocycles. The number of amides is 3. The van der Waals surface area contributed by atoms with Gasteiger partial charge in [0.05, 0.1) is 19.4 Å². The van der Waals surface area contributed by atoms with Gasteiger partial charge in [-0.15, -0.1) is 0 Å². The quantitative estimate of drug-likeness (QED) is 0.704. The predicted octanol–water partition coefficient (Wildman–Crippen LogP) is 1.64. The molecule has 0 aliphatic carbocycles. The summed E-state index contributed by atoms with van der Waals surface area (Å²) in [5.41, 5.74) is 0.989. The number of imide groups is 1. The van der Waals surface area contributed by atoms with E-state index in [1.54, 1.807) is 36.4 Å². The second-order valence-corrected chi connectivity index (χ2v) is 5.50. The summed E-state index contributed by atoms with van der Waals surface area (Å²) in [5, 5.41) is 13.8. The molecule has 0 atom stereocenters. The molecule has 142 valence electrons.